The fourth-order valence-electron chi connectivity index (χ4n) is 2.20. The van der Waals surface area contributed by atoms with Gasteiger partial charge in [-0.2, -0.15) is 0 Å². The third-order valence-electron chi connectivity index (χ3n) is 3.02. The lowest BCUT2D eigenvalue weighted by Crippen LogP contribution is -2.05. The molecule has 3 aromatic heterocycles. The number of hydrogen-bond donors (Lipinski definition) is 2. The average molecular weight is 271 g/mol. The van der Waals surface area contributed by atoms with Crippen molar-refractivity contribution in [3.05, 3.63) is 30.4 Å². The Morgan fingerprint density at radius 1 is 1.45 bits per heavy atom. The number of nitrogens with one attached hydrogen (secondary N) is 1. The number of H-pyrrole nitrogens is 1. The molecule has 0 saturated heterocycles. The molecule has 0 saturated carbocycles. The minimum absolute atomic E-state index is 0.0395. The third kappa shape index (κ3) is 1.83. The SMILES string of the molecule is CCCn1c(-c2nc[nH]c2C(=O)O)nc2cccnc21. The number of nitrogens with zero attached hydrogens (tertiary/aromatic N) is 4. The molecule has 0 unspecified atom stereocenters. The molecule has 0 aliphatic carbocycles. The van der Waals surface area contributed by atoms with Gasteiger partial charge in [-0.25, -0.2) is 19.7 Å². The van der Waals surface area contributed by atoms with Crippen LogP contribution in [0.4, 0.5) is 0 Å². The standard InChI is InChI=1S/C13H13N5O2/c1-2-6-18-11-8(4-3-5-14-11)17-12(18)9-10(13(19)20)16-7-15-9/h3-5,7H,2,6H2,1H3,(H,15,16)(H,19,20). The minimum Gasteiger partial charge on any atom is -0.477 e. The predicted octanol–water partition coefficient (Wildman–Crippen LogP) is 1.93. The molecule has 2 N–H and O–H groups in total. The quantitative estimate of drug-likeness (QED) is 0.755. The first-order valence-electron chi connectivity index (χ1n) is 6.30. The van der Waals surface area contributed by atoms with Crippen molar-refractivity contribution in [1.82, 2.24) is 24.5 Å². The van der Waals surface area contributed by atoms with E-state index >= 15 is 0 Å². The smallest absolute Gasteiger partial charge is 0.354 e. The van der Waals surface area contributed by atoms with E-state index < -0.39 is 5.97 Å². The summed E-state index contributed by atoms with van der Waals surface area (Å²) in [6, 6.07) is 3.66. The maximum atomic E-state index is 11.2. The van der Waals surface area contributed by atoms with Crippen molar-refractivity contribution < 1.29 is 9.90 Å². The van der Waals surface area contributed by atoms with Gasteiger partial charge in [0.1, 0.15) is 11.2 Å². The van der Waals surface area contributed by atoms with Crippen molar-refractivity contribution in [3.63, 3.8) is 0 Å². The normalized spacial score (nSPS) is 11.1. The van der Waals surface area contributed by atoms with Crippen molar-refractivity contribution in [1.29, 1.82) is 0 Å². The molecule has 0 aromatic carbocycles. The topological polar surface area (TPSA) is 96.7 Å². The van der Waals surface area contributed by atoms with Crippen molar-refractivity contribution in [2.45, 2.75) is 19.9 Å². The van der Waals surface area contributed by atoms with E-state index in [4.69, 9.17) is 0 Å². The summed E-state index contributed by atoms with van der Waals surface area (Å²) >= 11 is 0. The summed E-state index contributed by atoms with van der Waals surface area (Å²) in [5.74, 6) is -0.528. The molecular weight excluding hydrogens is 258 g/mol. The first-order valence-corrected chi connectivity index (χ1v) is 6.30. The number of rotatable bonds is 4. The summed E-state index contributed by atoms with van der Waals surface area (Å²) < 4.78 is 1.90. The van der Waals surface area contributed by atoms with Gasteiger partial charge in [-0.3, -0.25) is 0 Å². The molecule has 0 radical (unpaired) electrons. The molecule has 102 valence electrons. The average Bonchev–Trinajstić information content (AvgIpc) is 3.04. The number of fused-ring (bicyclic) bond motifs is 1. The monoisotopic (exact) mass is 271 g/mol. The van der Waals surface area contributed by atoms with Crippen molar-refractivity contribution in [3.8, 4) is 11.5 Å². The molecule has 3 rings (SSSR count). The first kappa shape index (κ1) is 12.3. The number of hydrogen-bond acceptors (Lipinski definition) is 4. The number of aryl methyl sites for hydroxylation is 1. The second kappa shape index (κ2) is 4.76. The number of carbonyl (C=O) groups is 1. The zero-order chi connectivity index (χ0) is 14.1. The Balaban J connectivity index is 2.27. The first-order chi connectivity index (χ1) is 9.72. The third-order valence-corrected chi connectivity index (χ3v) is 3.02. The summed E-state index contributed by atoms with van der Waals surface area (Å²) in [6.45, 7) is 2.75. The van der Waals surface area contributed by atoms with Crippen LogP contribution in [-0.2, 0) is 6.54 Å². The van der Waals surface area contributed by atoms with Gasteiger partial charge in [-0.15, -0.1) is 0 Å². The number of imidazole rings is 2. The van der Waals surface area contributed by atoms with Gasteiger partial charge in [0.2, 0.25) is 0 Å². The van der Waals surface area contributed by atoms with Crippen LogP contribution in [0.25, 0.3) is 22.7 Å². The van der Waals surface area contributed by atoms with Crippen LogP contribution in [0.2, 0.25) is 0 Å². The van der Waals surface area contributed by atoms with Crippen LogP contribution in [0.3, 0.4) is 0 Å². The number of aromatic amines is 1. The van der Waals surface area contributed by atoms with E-state index in [0.29, 0.717) is 18.1 Å². The molecule has 0 amide bonds. The molecule has 0 atom stereocenters. The van der Waals surface area contributed by atoms with Gasteiger partial charge < -0.3 is 14.7 Å². The molecule has 3 heterocycles. The molecular formula is C13H13N5O2. The van der Waals surface area contributed by atoms with Gasteiger partial charge in [0.15, 0.2) is 17.2 Å². The molecule has 0 spiro atoms. The molecule has 7 heteroatoms. The van der Waals surface area contributed by atoms with Gasteiger partial charge >= 0.3 is 5.97 Å². The van der Waals surface area contributed by atoms with Crippen LogP contribution in [-0.4, -0.2) is 35.6 Å². The number of aromatic carboxylic acids is 1. The molecule has 0 aliphatic heterocycles. The van der Waals surface area contributed by atoms with Crippen molar-refractivity contribution >= 4 is 17.1 Å². The fraction of sp³-hybridized carbons (Fsp3) is 0.231. The van der Waals surface area contributed by atoms with Gasteiger partial charge in [0, 0.05) is 12.7 Å². The van der Waals surface area contributed by atoms with Gasteiger partial charge in [-0.05, 0) is 18.6 Å². The van der Waals surface area contributed by atoms with Gasteiger partial charge in [-0.1, -0.05) is 6.92 Å². The highest BCUT2D eigenvalue weighted by Crippen LogP contribution is 2.24. The van der Waals surface area contributed by atoms with Crippen LogP contribution in [0, 0.1) is 0 Å². The van der Waals surface area contributed by atoms with Gasteiger partial charge in [0.05, 0.1) is 6.33 Å². The lowest BCUT2D eigenvalue weighted by Gasteiger charge is -2.05. The number of aromatic nitrogens is 5. The highest BCUT2D eigenvalue weighted by Gasteiger charge is 2.21. The van der Waals surface area contributed by atoms with Crippen LogP contribution in [0.5, 0.6) is 0 Å². The molecule has 7 nitrogen and oxygen atoms in total. The summed E-state index contributed by atoms with van der Waals surface area (Å²) in [4.78, 5) is 26.7. The number of carboxylic acids is 1. The predicted molar refractivity (Wildman–Crippen MR) is 72.4 cm³/mol. The van der Waals surface area contributed by atoms with Crippen LogP contribution in [0.1, 0.15) is 23.8 Å². The zero-order valence-electron chi connectivity index (χ0n) is 10.9. The maximum Gasteiger partial charge on any atom is 0.354 e. The van der Waals surface area contributed by atoms with Crippen LogP contribution < -0.4 is 0 Å². The Bertz CT molecular complexity index is 774. The fourth-order valence-corrected chi connectivity index (χ4v) is 2.20. The zero-order valence-corrected chi connectivity index (χ0v) is 10.9. The summed E-state index contributed by atoms with van der Waals surface area (Å²) in [5, 5.41) is 9.19. The molecule has 0 aliphatic rings. The Kier molecular flexibility index (Phi) is 2.94. The van der Waals surface area contributed by atoms with Crippen LogP contribution >= 0.6 is 0 Å². The Morgan fingerprint density at radius 3 is 3.05 bits per heavy atom. The molecule has 0 fully saturated rings. The highest BCUT2D eigenvalue weighted by atomic mass is 16.4. The Hall–Kier alpha value is -2.70. The Morgan fingerprint density at radius 2 is 2.30 bits per heavy atom. The van der Waals surface area contributed by atoms with E-state index in [9.17, 15) is 9.90 Å². The van der Waals surface area contributed by atoms with Crippen molar-refractivity contribution in [2.24, 2.45) is 0 Å². The Labute approximate surface area is 114 Å². The molecule has 0 bridgehead atoms. The van der Waals surface area contributed by atoms with E-state index in [2.05, 4.69) is 19.9 Å². The summed E-state index contributed by atoms with van der Waals surface area (Å²) in [5.41, 5.74) is 1.85. The van der Waals surface area contributed by atoms with E-state index in [1.54, 1.807) is 12.3 Å². The molecule has 20 heavy (non-hydrogen) atoms. The lowest BCUT2D eigenvalue weighted by molar-refractivity contribution is 0.0692. The van der Waals surface area contributed by atoms with E-state index in [1.165, 1.54) is 6.33 Å². The second-order valence-corrected chi connectivity index (χ2v) is 4.36. The molecule has 3 aromatic rings. The van der Waals surface area contributed by atoms with Crippen molar-refractivity contribution in [2.75, 3.05) is 0 Å². The number of pyridine rings is 1. The largest absolute Gasteiger partial charge is 0.477 e. The summed E-state index contributed by atoms with van der Waals surface area (Å²) in [7, 11) is 0. The van der Waals surface area contributed by atoms with Crippen LogP contribution in [0.15, 0.2) is 24.7 Å². The maximum absolute atomic E-state index is 11.2. The van der Waals surface area contributed by atoms with E-state index in [1.807, 2.05) is 17.6 Å². The van der Waals surface area contributed by atoms with Gasteiger partial charge in [0.25, 0.3) is 0 Å². The lowest BCUT2D eigenvalue weighted by atomic mass is 10.3. The second-order valence-electron chi connectivity index (χ2n) is 4.36. The van der Waals surface area contributed by atoms with E-state index in [0.717, 1.165) is 17.6 Å². The number of carboxylic acid groups (broad SMARTS) is 1. The highest BCUT2D eigenvalue weighted by molar-refractivity contribution is 5.92. The van der Waals surface area contributed by atoms with E-state index in [-0.39, 0.29) is 5.69 Å². The summed E-state index contributed by atoms with van der Waals surface area (Å²) in [6.07, 6.45) is 3.95. The minimum atomic E-state index is -1.06.